The zero-order valence-corrected chi connectivity index (χ0v) is 22.3. The molecule has 0 unspecified atom stereocenters. The Hall–Kier alpha value is -4.24. The fraction of sp³-hybridized carbons (Fsp3) is 0.312. The zero-order valence-electron chi connectivity index (χ0n) is 22.3. The Morgan fingerprint density at radius 1 is 0.842 bits per heavy atom. The number of pyridine rings is 1. The number of unbranched alkanes of at least 4 members (excludes halogenated alkanes) is 4. The van der Waals surface area contributed by atoms with E-state index in [4.69, 9.17) is 5.26 Å². The SMILES string of the molecule is CCCCCN(CCCCC)c1ccc(/C=C/c2ccc(/C=C/c3ccc([N+](=O)[O-])c(C#N)c3)nc2)cc1. The molecule has 6 heteroatoms. The second-order valence-corrected chi connectivity index (χ2v) is 9.32. The van der Waals surface area contributed by atoms with Crippen molar-refractivity contribution in [2.24, 2.45) is 0 Å². The van der Waals surface area contributed by atoms with Gasteiger partial charge in [0.25, 0.3) is 5.69 Å². The second kappa shape index (κ2) is 15.1. The van der Waals surface area contributed by atoms with Gasteiger partial charge in [-0.3, -0.25) is 15.1 Å². The predicted octanol–water partition coefficient (Wildman–Crippen LogP) is 8.39. The van der Waals surface area contributed by atoms with Gasteiger partial charge in [0.2, 0.25) is 0 Å². The van der Waals surface area contributed by atoms with Crippen molar-refractivity contribution >= 4 is 35.7 Å². The highest BCUT2D eigenvalue weighted by Gasteiger charge is 2.12. The first kappa shape index (κ1) is 28.3. The molecule has 38 heavy (non-hydrogen) atoms. The van der Waals surface area contributed by atoms with Crippen LogP contribution in [-0.4, -0.2) is 23.0 Å². The standard InChI is InChI=1S/C32H36N4O2/c1-3-5-7-21-35(22-8-6-4-2)31-18-13-26(14-19-31)9-10-28-12-17-30(34-25-28)16-11-27-15-20-32(36(37)38)29(23-27)24-33/h9-20,23,25H,3-8,21-22H2,1-2H3/b10-9+,16-11+. The van der Waals surface area contributed by atoms with Gasteiger partial charge in [-0.15, -0.1) is 0 Å². The quantitative estimate of drug-likeness (QED) is 0.124. The molecule has 0 atom stereocenters. The van der Waals surface area contributed by atoms with Crippen molar-refractivity contribution in [2.75, 3.05) is 18.0 Å². The number of hydrogen-bond donors (Lipinski definition) is 0. The average molecular weight is 509 g/mol. The number of rotatable bonds is 14. The highest BCUT2D eigenvalue weighted by atomic mass is 16.6. The minimum Gasteiger partial charge on any atom is -0.372 e. The monoisotopic (exact) mass is 508 g/mol. The Bertz CT molecular complexity index is 1260. The van der Waals surface area contributed by atoms with E-state index in [1.807, 2.05) is 36.6 Å². The summed E-state index contributed by atoms with van der Waals surface area (Å²) in [7, 11) is 0. The van der Waals surface area contributed by atoms with Crippen LogP contribution in [0.2, 0.25) is 0 Å². The Labute approximate surface area is 226 Å². The maximum Gasteiger partial charge on any atom is 0.287 e. The van der Waals surface area contributed by atoms with Crippen molar-refractivity contribution < 1.29 is 4.92 Å². The lowest BCUT2D eigenvalue weighted by Gasteiger charge is -2.25. The summed E-state index contributed by atoms with van der Waals surface area (Å²) in [5, 5.41) is 20.2. The molecule has 196 valence electrons. The third kappa shape index (κ3) is 8.70. The summed E-state index contributed by atoms with van der Waals surface area (Å²) in [5.74, 6) is 0. The van der Waals surface area contributed by atoms with Crippen molar-refractivity contribution in [3.05, 3.63) is 98.9 Å². The van der Waals surface area contributed by atoms with Crippen LogP contribution in [0, 0.1) is 21.4 Å². The van der Waals surface area contributed by atoms with Crippen LogP contribution in [0.1, 0.15) is 80.3 Å². The van der Waals surface area contributed by atoms with Crippen LogP contribution in [0.15, 0.2) is 60.8 Å². The van der Waals surface area contributed by atoms with Gasteiger partial charge in [-0.1, -0.05) is 76.0 Å². The Balaban J connectivity index is 1.61. The Morgan fingerprint density at radius 3 is 2.03 bits per heavy atom. The summed E-state index contributed by atoms with van der Waals surface area (Å²) in [6.07, 6.45) is 17.0. The molecule has 3 rings (SSSR count). The first-order valence-electron chi connectivity index (χ1n) is 13.4. The van der Waals surface area contributed by atoms with E-state index in [2.05, 4.69) is 54.1 Å². The topological polar surface area (TPSA) is 83.1 Å². The second-order valence-electron chi connectivity index (χ2n) is 9.32. The molecule has 3 aromatic rings. The predicted molar refractivity (Wildman–Crippen MR) is 158 cm³/mol. The summed E-state index contributed by atoms with van der Waals surface area (Å²) in [6, 6.07) is 19.0. The highest BCUT2D eigenvalue weighted by molar-refractivity contribution is 5.72. The van der Waals surface area contributed by atoms with E-state index < -0.39 is 4.92 Å². The summed E-state index contributed by atoms with van der Waals surface area (Å²) in [4.78, 5) is 17.5. The van der Waals surface area contributed by atoms with Crippen LogP contribution in [-0.2, 0) is 0 Å². The number of anilines is 1. The minimum atomic E-state index is -0.549. The molecule has 0 fully saturated rings. The van der Waals surface area contributed by atoms with E-state index in [1.54, 1.807) is 12.1 Å². The first-order valence-corrected chi connectivity index (χ1v) is 13.4. The number of hydrogen-bond acceptors (Lipinski definition) is 5. The normalized spacial score (nSPS) is 11.2. The van der Waals surface area contributed by atoms with Crippen LogP contribution in [0.5, 0.6) is 0 Å². The number of nitriles is 1. The molecular weight excluding hydrogens is 472 g/mol. The van der Waals surface area contributed by atoms with Gasteiger partial charge in [0, 0.05) is 31.0 Å². The molecule has 0 saturated heterocycles. The summed E-state index contributed by atoms with van der Waals surface area (Å²) in [5.41, 5.74) is 4.75. The van der Waals surface area contributed by atoms with Gasteiger partial charge in [0.05, 0.1) is 10.6 Å². The molecule has 0 aliphatic rings. The van der Waals surface area contributed by atoms with E-state index in [1.165, 1.54) is 56.3 Å². The number of nitro groups is 1. The van der Waals surface area contributed by atoms with E-state index in [9.17, 15) is 10.1 Å². The molecule has 0 aliphatic heterocycles. The molecule has 1 heterocycles. The lowest BCUT2D eigenvalue weighted by molar-refractivity contribution is -0.385. The lowest BCUT2D eigenvalue weighted by atomic mass is 10.1. The van der Waals surface area contributed by atoms with Gasteiger partial charge < -0.3 is 4.90 Å². The smallest absolute Gasteiger partial charge is 0.287 e. The molecule has 0 bridgehead atoms. The molecule has 0 saturated carbocycles. The molecule has 2 aromatic carbocycles. The molecule has 0 N–H and O–H groups in total. The van der Waals surface area contributed by atoms with Crippen LogP contribution in [0.3, 0.4) is 0 Å². The maximum atomic E-state index is 11.0. The number of nitro benzene ring substituents is 1. The molecule has 6 nitrogen and oxygen atoms in total. The van der Waals surface area contributed by atoms with Crippen molar-refractivity contribution in [1.29, 1.82) is 5.26 Å². The zero-order chi connectivity index (χ0) is 27.2. The fourth-order valence-electron chi connectivity index (χ4n) is 4.17. The van der Waals surface area contributed by atoms with E-state index in [0.717, 1.165) is 29.9 Å². The lowest BCUT2D eigenvalue weighted by Crippen LogP contribution is -2.25. The van der Waals surface area contributed by atoms with Gasteiger partial charge >= 0.3 is 0 Å². The third-order valence-corrected chi connectivity index (χ3v) is 6.38. The molecule has 0 spiro atoms. The molecule has 0 aliphatic carbocycles. The number of aromatic nitrogens is 1. The summed E-state index contributed by atoms with van der Waals surface area (Å²) >= 11 is 0. The maximum absolute atomic E-state index is 11.0. The molecule has 0 amide bonds. The molecule has 1 aromatic heterocycles. The van der Waals surface area contributed by atoms with Crippen molar-refractivity contribution in [1.82, 2.24) is 4.98 Å². The van der Waals surface area contributed by atoms with E-state index in [-0.39, 0.29) is 11.3 Å². The Morgan fingerprint density at radius 2 is 1.45 bits per heavy atom. The van der Waals surface area contributed by atoms with Crippen LogP contribution in [0.25, 0.3) is 24.3 Å². The van der Waals surface area contributed by atoms with E-state index >= 15 is 0 Å². The minimum absolute atomic E-state index is 0.0410. The average Bonchev–Trinajstić information content (AvgIpc) is 2.95. The summed E-state index contributed by atoms with van der Waals surface area (Å²) in [6.45, 7) is 6.72. The molecular formula is C32H36N4O2. The first-order chi connectivity index (χ1) is 18.5. The van der Waals surface area contributed by atoms with Gasteiger partial charge in [-0.05, 0) is 65.9 Å². The van der Waals surface area contributed by atoms with Gasteiger partial charge in [-0.25, -0.2) is 0 Å². The van der Waals surface area contributed by atoms with Crippen molar-refractivity contribution in [2.45, 2.75) is 52.4 Å². The fourth-order valence-corrected chi connectivity index (χ4v) is 4.17. The third-order valence-electron chi connectivity index (χ3n) is 6.38. The van der Waals surface area contributed by atoms with Gasteiger partial charge in [-0.2, -0.15) is 5.26 Å². The van der Waals surface area contributed by atoms with Gasteiger partial charge in [0.1, 0.15) is 11.6 Å². The molecule has 0 radical (unpaired) electrons. The van der Waals surface area contributed by atoms with Crippen LogP contribution >= 0.6 is 0 Å². The van der Waals surface area contributed by atoms with Gasteiger partial charge in [0.15, 0.2) is 0 Å². The summed E-state index contributed by atoms with van der Waals surface area (Å²) < 4.78 is 0. The van der Waals surface area contributed by atoms with Crippen LogP contribution < -0.4 is 4.90 Å². The van der Waals surface area contributed by atoms with Crippen molar-refractivity contribution in [3.63, 3.8) is 0 Å². The van der Waals surface area contributed by atoms with Crippen LogP contribution in [0.4, 0.5) is 11.4 Å². The Kier molecular flexibility index (Phi) is 11.3. The number of nitrogens with zero attached hydrogens (tertiary/aromatic N) is 4. The van der Waals surface area contributed by atoms with Crippen molar-refractivity contribution in [3.8, 4) is 6.07 Å². The van der Waals surface area contributed by atoms with E-state index in [0.29, 0.717) is 5.56 Å². The highest BCUT2D eigenvalue weighted by Crippen LogP contribution is 2.21. The largest absolute Gasteiger partial charge is 0.372 e. The number of benzene rings is 2.